The minimum Gasteiger partial charge on any atom is -0.444 e. The Balaban J connectivity index is 0.00000222. The highest BCUT2D eigenvalue weighted by atomic mass is 19.1. The van der Waals surface area contributed by atoms with Gasteiger partial charge in [0, 0.05) is 32.8 Å². The highest BCUT2D eigenvalue weighted by molar-refractivity contribution is 5.96. The summed E-state index contributed by atoms with van der Waals surface area (Å²) in [5.41, 5.74) is 1.04. The lowest BCUT2D eigenvalue weighted by Gasteiger charge is -2.23. The van der Waals surface area contributed by atoms with Crippen LogP contribution in [0.4, 0.5) is 21.0 Å². The molecule has 3 N–H and O–H groups in total. The predicted octanol–water partition coefficient (Wildman–Crippen LogP) is 4.16. The maximum Gasteiger partial charge on any atom is 0.408 e. The van der Waals surface area contributed by atoms with Crippen molar-refractivity contribution in [1.29, 1.82) is 0 Å². The van der Waals surface area contributed by atoms with Crippen LogP contribution in [0.15, 0.2) is 42.6 Å². The molecule has 2 amide bonds. The van der Waals surface area contributed by atoms with Gasteiger partial charge in [0.1, 0.15) is 29.0 Å². The maximum atomic E-state index is 13.3. The molecule has 0 bridgehead atoms. The van der Waals surface area contributed by atoms with Gasteiger partial charge in [-0.2, -0.15) is 5.10 Å². The number of hydrogen-bond acceptors (Lipinski definition) is 7. The Morgan fingerprint density at radius 2 is 1.78 bits per heavy atom. The molecule has 1 atom stereocenters. The number of ether oxygens (including phenoxy) is 1. The molecule has 0 aliphatic rings. The second-order valence-electron chi connectivity index (χ2n) is 8.57. The molecule has 11 heteroatoms. The Hall–Kier alpha value is -4.02. The zero-order valence-electron chi connectivity index (χ0n) is 21.7. The summed E-state index contributed by atoms with van der Waals surface area (Å²) in [6, 6.07) is 8.11. The van der Waals surface area contributed by atoms with Gasteiger partial charge in [-0.05, 0) is 44.5 Å². The van der Waals surface area contributed by atoms with Crippen molar-refractivity contribution in [3.63, 3.8) is 0 Å². The maximum absolute atomic E-state index is 13.3. The van der Waals surface area contributed by atoms with E-state index in [0.29, 0.717) is 28.7 Å². The molecular formula is C25H34FN7O3. The molecule has 2 aromatic heterocycles. The Kier molecular flexibility index (Phi) is 9.89. The molecule has 0 saturated heterocycles. The Bertz CT molecular complexity index is 1160. The highest BCUT2D eigenvalue weighted by Crippen LogP contribution is 2.20. The smallest absolute Gasteiger partial charge is 0.408 e. The molecule has 1 unspecified atom stereocenters. The summed E-state index contributed by atoms with van der Waals surface area (Å²) in [6.45, 7) is 9.18. The fourth-order valence-corrected chi connectivity index (χ4v) is 3.06. The first-order chi connectivity index (χ1) is 17.0. The predicted molar refractivity (Wildman–Crippen MR) is 137 cm³/mol. The Labute approximate surface area is 210 Å². The van der Waals surface area contributed by atoms with Crippen LogP contribution in [0.25, 0.3) is 11.4 Å². The number of anilines is 2. The molecule has 0 aliphatic carbocycles. The molecule has 0 aliphatic heterocycles. The van der Waals surface area contributed by atoms with Crippen LogP contribution in [-0.4, -0.2) is 50.4 Å². The zero-order chi connectivity index (χ0) is 26.9. The molecule has 194 valence electrons. The number of hydrogen-bond donors (Lipinski definition) is 3. The molecule has 2 heterocycles. The number of benzene rings is 1. The summed E-state index contributed by atoms with van der Waals surface area (Å²) in [5, 5.41) is 12.7. The van der Waals surface area contributed by atoms with Crippen LogP contribution < -0.4 is 16.0 Å². The summed E-state index contributed by atoms with van der Waals surface area (Å²) < 4.78 is 20.1. The molecule has 0 fully saturated rings. The number of nitrogens with zero attached hydrogens (tertiary/aromatic N) is 4. The fraction of sp³-hybridized carbons (Fsp3) is 0.400. The molecule has 0 radical (unpaired) electrons. The molecule has 3 rings (SSSR count). The Morgan fingerprint density at radius 1 is 1.11 bits per heavy atom. The van der Waals surface area contributed by atoms with E-state index in [1.54, 1.807) is 65.3 Å². The average Bonchev–Trinajstić information content (AvgIpc) is 3.20. The highest BCUT2D eigenvalue weighted by Gasteiger charge is 2.26. The quantitative estimate of drug-likeness (QED) is 0.446. The minimum absolute atomic E-state index is 0.132. The van der Waals surface area contributed by atoms with Crippen LogP contribution in [0.5, 0.6) is 0 Å². The van der Waals surface area contributed by atoms with Crippen LogP contribution in [-0.2, 0) is 23.0 Å². The van der Waals surface area contributed by atoms with Crippen molar-refractivity contribution in [2.75, 3.05) is 17.7 Å². The van der Waals surface area contributed by atoms with Gasteiger partial charge in [-0.1, -0.05) is 26.0 Å². The van der Waals surface area contributed by atoms with E-state index in [1.165, 1.54) is 16.8 Å². The molecule has 36 heavy (non-hydrogen) atoms. The van der Waals surface area contributed by atoms with Gasteiger partial charge < -0.3 is 20.7 Å². The number of carbonyl (C=O) groups excluding carboxylic acids is 2. The first-order valence-electron chi connectivity index (χ1n) is 11.6. The van der Waals surface area contributed by atoms with Gasteiger partial charge >= 0.3 is 6.09 Å². The number of alkyl carbamates (subject to hydrolysis) is 1. The van der Waals surface area contributed by atoms with Crippen molar-refractivity contribution in [1.82, 2.24) is 25.1 Å². The van der Waals surface area contributed by atoms with Gasteiger partial charge in [-0.25, -0.2) is 19.2 Å². The van der Waals surface area contributed by atoms with E-state index >= 15 is 0 Å². The summed E-state index contributed by atoms with van der Waals surface area (Å²) in [5.74, 6) is -0.0314. The molecular weight excluding hydrogens is 465 g/mol. The lowest BCUT2D eigenvalue weighted by atomic mass is 10.1. The zero-order valence-corrected chi connectivity index (χ0v) is 21.7. The topological polar surface area (TPSA) is 123 Å². The third kappa shape index (κ3) is 8.33. The van der Waals surface area contributed by atoms with Crippen LogP contribution in [0.2, 0.25) is 0 Å². The van der Waals surface area contributed by atoms with E-state index in [9.17, 15) is 14.0 Å². The summed E-state index contributed by atoms with van der Waals surface area (Å²) in [7, 11) is 3.39. The van der Waals surface area contributed by atoms with Gasteiger partial charge in [0.15, 0.2) is 0 Å². The second kappa shape index (κ2) is 12.6. The summed E-state index contributed by atoms with van der Waals surface area (Å²) in [6.07, 6.45) is 0.999. The number of nitrogens with one attached hydrogen (secondary N) is 3. The number of aryl methyl sites for hydroxylation is 1. The van der Waals surface area contributed by atoms with Crippen LogP contribution >= 0.6 is 0 Å². The van der Waals surface area contributed by atoms with Crippen molar-refractivity contribution in [2.45, 2.75) is 52.7 Å². The van der Waals surface area contributed by atoms with Crippen LogP contribution in [0.1, 0.15) is 40.2 Å². The fourth-order valence-electron chi connectivity index (χ4n) is 3.06. The van der Waals surface area contributed by atoms with Crippen molar-refractivity contribution >= 4 is 23.8 Å². The minimum atomic E-state index is -0.978. The summed E-state index contributed by atoms with van der Waals surface area (Å²) in [4.78, 5) is 34.0. The molecule has 0 spiro atoms. The molecule has 10 nitrogen and oxygen atoms in total. The largest absolute Gasteiger partial charge is 0.444 e. The monoisotopic (exact) mass is 499 g/mol. The van der Waals surface area contributed by atoms with E-state index in [1.807, 2.05) is 13.8 Å². The van der Waals surface area contributed by atoms with Gasteiger partial charge in [-0.3, -0.25) is 9.48 Å². The van der Waals surface area contributed by atoms with Gasteiger partial charge in [0.2, 0.25) is 11.9 Å². The second-order valence-corrected chi connectivity index (χ2v) is 8.57. The van der Waals surface area contributed by atoms with Crippen molar-refractivity contribution in [2.24, 2.45) is 7.05 Å². The SMILES string of the molecule is CC.CNc1nccc(-c2cc(NC(=O)C(Cc3ccc(F)cc3)NC(=O)OC(C)(C)C)n(C)n2)n1. The summed E-state index contributed by atoms with van der Waals surface area (Å²) >= 11 is 0. The van der Waals surface area contributed by atoms with Crippen LogP contribution in [0.3, 0.4) is 0 Å². The van der Waals surface area contributed by atoms with E-state index in [2.05, 4.69) is 31.0 Å². The van der Waals surface area contributed by atoms with Gasteiger partial charge in [0.25, 0.3) is 0 Å². The lowest BCUT2D eigenvalue weighted by Crippen LogP contribution is -2.47. The van der Waals surface area contributed by atoms with E-state index in [4.69, 9.17) is 4.74 Å². The van der Waals surface area contributed by atoms with E-state index in [0.717, 1.165) is 0 Å². The number of halogens is 1. The third-order valence-electron chi connectivity index (χ3n) is 4.63. The van der Waals surface area contributed by atoms with Gasteiger partial charge in [-0.15, -0.1) is 0 Å². The van der Waals surface area contributed by atoms with Crippen LogP contribution in [0, 0.1) is 5.82 Å². The Morgan fingerprint density at radius 3 is 2.39 bits per heavy atom. The average molecular weight is 500 g/mol. The number of aromatic nitrogens is 4. The first kappa shape index (κ1) is 28.2. The third-order valence-corrected chi connectivity index (χ3v) is 4.63. The number of rotatable bonds is 7. The molecule has 1 aromatic carbocycles. The molecule has 0 saturated carbocycles. The van der Waals surface area contributed by atoms with Crippen molar-refractivity contribution < 1.29 is 18.7 Å². The standard InChI is InChI=1S/C23H28FN7O3.C2H6/c1-23(2,3)34-22(33)28-18(12-14-6-8-15(24)9-7-14)20(32)29-19-13-17(30-31(19)5)16-10-11-26-21(25-4)27-16;1-2/h6-11,13,18H,12H2,1-5H3,(H,28,33)(H,29,32)(H,25,26,27);1-2H3. The lowest BCUT2D eigenvalue weighted by molar-refractivity contribution is -0.118. The van der Waals surface area contributed by atoms with Crippen molar-refractivity contribution in [3.8, 4) is 11.4 Å². The van der Waals surface area contributed by atoms with Gasteiger partial charge in [0.05, 0.1) is 5.69 Å². The molecule has 3 aromatic rings. The number of carbonyl (C=O) groups is 2. The van der Waals surface area contributed by atoms with E-state index in [-0.39, 0.29) is 6.42 Å². The van der Waals surface area contributed by atoms with E-state index < -0.39 is 29.5 Å². The van der Waals surface area contributed by atoms with Crippen molar-refractivity contribution in [3.05, 3.63) is 54.0 Å². The normalized spacial score (nSPS) is 11.6. The first-order valence-corrected chi connectivity index (χ1v) is 11.6. The number of amides is 2.